The van der Waals surface area contributed by atoms with E-state index in [0.29, 0.717) is 11.2 Å². The van der Waals surface area contributed by atoms with E-state index in [1.807, 2.05) is 0 Å². The van der Waals surface area contributed by atoms with E-state index >= 15 is 0 Å². The van der Waals surface area contributed by atoms with Gasteiger partial charge in [0.1, 0.15) is 17.9 Å². The molecule has 0 saturated carbocycles. The zero-order valence-corrected chi connectivity index (χ0v) is 10.2. The van der Waals surface area contributed by atoms with Crippen molar-refractivity contribution >= 4 is 17.0 Å². The van der Waals surface area contributed by atoms with Crippen molar-refractivity contribution in [2.45, 2.75) is 24.9 Å². The Bertz CT molecular complexity index is 619. The van der Waals surface area contributed by atoms with Gasteiger partial charge in [0.25, 0.3) is 0 Å². The Balaban J connectivity index is 2.00. The van der Waals surface area contributed by atoms with Crippen LogP contribution < -0.4 is 5.73 Å². The monoisotopic (exact) mass is 283 g/mol. The van der Waals surface area contributed by atoms with Crippen LogP contribution in [0, 0.1) is 0 Å². The number of hydrogen-bond donors (Lipinski definition) is 4. The molecule has 5 N–H and O–H groups in total. The van der Waals surface area contributed by atoms with Crippen molar-refractivity contribution in [3.8, 4) is 0 Å². The molecule has 0 aliphatic carbocycles. The van der Waals surface area contributed by atoms with E-state index in [-0.39, 0.29) is 5.82 Å². The number of imidazole rings is 1. The van der Waals surface area contributed by atoms with E-state index in [1.54, 1.807) is 0 Å². The van der Waals surface area contributed by atoms with Gasteiger partial charge in [0.05, 0.1) is 12.9 Å². The minimum Gasteiger partial charge on any atom is -0.393 e. The van der Waals surface area contributed by atoms with Gasteiger partial charge in [0.2, 0.25) is 6.29 Å². The molecular weight excluding hydrogens is 270 g/mol. The molecule has 0 radical (unpaired) electrons. The highest BCUT2D eigenvalue weighted by Gasteiger charge is 2.38. The van der Waals surface area contributed by atoms with Gasteiger partial charge in [-0.05, 0) is 0 Å². The van der Waals surface area contributed by atoms with Crippen LogP contribution in [0.5, 0.6) is 0 Å². The second-order valence-corrected chi connectivity index (χ2v) is 4.25. The van der Waals surface area contributed by atoms with Gasteiger partial charge in [0.15, 0.2) is 24.0 Å². The fourth-order valence-electron chi connectivity index (χ4n) is 2.00. The first-order valence-corrected chi connectivity index (χ1v) is 5.82. The Morgan fingerprint density at radius 1 is 1.20 bits per heavy atom. The van der Waals surface area contributed by atoms with Crippen molar-refractivity contribution in [1.29, 1.82) is 0 Å². The van der Waals surface area contributed by atoms with E-state index in [4.69, 9.17) is 20.3 Å². The Morgan fingerprint density at radius 2 is 2.00 bits per heavy atom. The maximum atomic E-state index is 9.84. The van der Waals surface area contributed by atoms with Gasteiger partial charge in [0, 0.05) is 0 Å². The van der Waals surface area contributed by atoms with E-state index in [1.165, 1.54) is 17.2 Å². The van der Waals surface area contributed by atoms with E-state index < -0.39 is 31.5 Å². The summed E-state index contributed by atoms with van der Waals surface area (Å²) in [5, 5.41) is 28.4. The second-order valence-electron chi connectivity index (χ2n) is 4.25. The lowest BCUT2D eigenvalue weighted by Crippen LogP contribution is -2.48. The molecule has 0 spiro atoms. The molecule has 1 saturated heterocycles. The first kappa shape index (κ1) is 13.1. The van der Waals surface area contributed by atoms with Gasteiger partial charge in [-0.2, -0.15) is 0 Å². The van der Waals surface area contributed by atoms with Gasteiger partial charge in [-0.25, -0.2) is 15.0 Å². The third-order valence-electron chi connectivity index (χ3n) is 3.00. The summed E-state index contributed by atoms with van der Waals surface area (Å²) in [5.74, 6) is 0.193. The van der Waals surface area contributed by atoms with Crippen LogP contribution in [0.3, 0.4) is 0 Å². The standard InChI is InChI=1S/C10H13N5O5/c11-6-5-7(13-2-12-6)15(3-14-5)8-10(18)20-9(17)4(1-16)19-8/h2-4,8-10,16-18H,1H2,(H2,11,12,13)/t4-,8-,9?,10?/m1/s1. The number of fused-ring (bicyclic) bond motifs is 1. The maximum absolute atomic E-state index is 9.84. The number of aliphatic hydroxyl groups is 3. The number of aromatic nitrogens is 4. The molecule has 0 bridgehead atoms. The number of rotatable bonds is 2. The number of ether oxygens (including phenoxy) is 2. The molecule has 1 aliphatic rings. The van der Waals surface area contributed by atoms with Gasteiger partial charge >= 0.3 is 0 Å². The van der Waals surface area contributed by atoms with Crippen molar-refractivity contribution in [3.05, 3.63) is 12.7 Å². The van der Waals surface area contributed by atoms with Crippen LogP contribution >= 0.6 is 0 Å². The third-order valence-corrected chi connectivity index (χ3v) is 3.00. The Labute approximate surface area is 112 Å². The molecule has 10 heteroatoms. The molecular formula is C10H13N5O5. The van der Waals surface area contributed by atoms with Gasteiger partial charge in [-0.3, -0.25) is 4.57 Å². The SMILES string of the molecule is Nc1ncnc2c1ncn2[C@@H]1O[C@H](CO)C(O)OC1O. The molecule has 0 amide bonds. The number of nitrogens with zero attached hydrogens (tertiary/aromatic N) is 4. The van der Waals surface area contributed by atoms with Crippen molar-refractivity contribution in [2.75, 3.05) is 12.3 Å². The second kappa shape index (κ2) is 4.92. The van der Waals surface area contributed by atoms with Crippen LogP contribution in [0.25, 0.3) is 11.2 Å². The molecule has 2 aromatic heterocycles. The van der Waals surface area contributed by atoms with E-state index in [2.05, 4.69) is 15.0 Å². The summed E-state index contributed by atoms with van der Waals surface area (Å²) in [5.41, 5.74) is 6.37. The molecule has 2 aromatic rings. The summed E-state index contributed by atoms with van der Waals surface area (Å²) in [6.45, 7) is -0.464. The Kier molecular flexibility index (Phi) is 3.23. The summed E-state index contributed by atoms with van der Waals surface area (Å²) in [6, 6.07) is 0. The number of hydrogen-bond acceptors (Lipinski definition) is 9. The van der Waals surface area contributed by atoms with Crippen molar-refractivity contribution in [3.63, 3.8) is 0 Å². The topological polar surface area (TPSA) is 149 Å². The van der Waals surface area contributed by atoms with Gasteiger partial charge in [-0.15, -0.1) is 0 Å². The molecule has 10 nitrogen and oxygen atoms in total. The summed E-state index contributed by atoms with van der Waals surface area (Å²) in [4.78, 5) is 11.9. The van der Waals surface area contributed by atoms with Crippen molar-refractivity contribution in [2.24, 2.45) is 0 Å². The number of nitrogen functional groups attached to an aromatic ring is 1. The maximum Gasteiger partial charge on any atom is 0.203 e. The summed E-state index contributed by atoms with van der Waals surface area (Å²) >= 11 is 0. The molecule has 4 atom stereocenters. The van der Waals surface area contributed by atoms with Crippen molar-refractivity contribution < 1.29 is 24.8 Å². The average Bonchev–Trinajstić information content (AvgIpc) is 2.84. The number of nitrogens with two attached hydrogens (primary N) is 1. The highest BCUT2D eigenvalue weighted by Crippen LogP contribution is 2.28. The zero-order chi connectivity index (χ0) is 14.3. The highest BCUT2D eigenvalue weighted by molar-refractivity contribution is 5.81. The summed E-state index contributed by atoms with van der Waals surface area (Å²) in [7, 11) is 0. The Hall–Kier alpha value is -1.85. The minimum atomic E-state index is -1.44. The third kappa shape index (κ3) is 1.99. The van der Waals surface area contributed by atoms with Crippen LogP contribution in [0.1, 0.15) is 6.23 Å². The van der Waals surface area contributed by atoms with Crippen molar-refractivity contribution in [1.82, 2.24) is 19.5 Å². The van der Waals surface area contributed by atoms with Crippen LogP contribution in [-0.2, 0) is 9.47 Å². The lowest BCUT2D eigenvalue weighted by Gasteiger charge is -2.36. The predicted molar refractivity (Wildman–Crippen MR) is 63.8 cm³/mol. The zero-order valence-electron chi connectivity index (χ0n) is 10.2. The van der Waals surface area contributed by atoms with Crippen LogP contribution in [0.4, 0.5) is 5.82 Å². The molecule has 108 valence electrons. The summed E-state index contributed by atoms with van der Waals surface area (Å²) < 4.78 is 11.7. The smallest absolute Gasteiger partial charge is 0.203 e. The van der Waals surface area contributed by atoms with Gasteiger partial charge in [-0.1, -0.05) is 0 Å². The normalized spacial score (nSPS) is 30.8. The highest BCUT2D eigenvalue weighted by atomic mass is 16.7. The molecule has 1 fully saturated rings. The van der Waals surface area contributed by atoms with Crippen LogP contribution in [0.15, 0.2) is 12.7 Å². The lowest BCUT2D eigenvalue weighted by atomic mass is 10.3. The first-order chi connectivity index (χ1) is 9.61. The van der Waals surface area contributed by atoms with E-state index in [9.17, 15) is 10.2 Å². The number of aliphatic hydroxyl groups excluding tert-OH is 3. The minimum absolute atomic E-state index is 0.193. The largest absolute Gasteiger partial charge is 0.393 e. The molecule has 3 rings (SSSR count). The first-order valence-electron chi connectivity index (χ1n) is 5.82. The summed E-state index contributed by atoms with van der Waals surface area (Å²) in [6.07, 6.45) is -2.25. The average molecular weight is 283 g/mol. The molecule has 20 heavy (non-hydrogen) atoms. The quantitative estimate of drug-likeness (QED) is 0.488. The Morgan fingerprint density at radius 3 is 2.75 bits per heavy atom. The van der Waals surface area contributed by atoms with Gasteiger partial charge < -0.3 is 30.5 Å². The van der Waals surface area contributed by atoms with Crippen LogP contribution in [-0.4, -0.2) is 60.1 Å². The molecule has 3 heterocycles. The van der Waals surface area contributed by atoms with Crippen LogP contribution in [0.2, 0.25) is 0 Å². The number of anilines is 1. The molecule has 0 aromatic carbocycles. The fourth-order valence-corrected chi connectivity index (χ4v) is 2.00. The molecule has 1 aliphatic heterocycles. The molecule has 2 unspecified atom stereocenters. The lowest BCUT2D eigenvalue weighted by molar-refractivity contribution is -0.355. The predicted octanol–water partition coefficient (Wildman–Crippen LogP) is -2.05. The van der Waals surface area contributed by atoms with E-state index in [0.717, 1.165) is 0 Å². The fraction of sp³-hybridized carbons (Fsp3) is 0.500.